The Morgan fingerprint density at radius 2 is 2.19 bits per heavy atom. The van der Waals surface area contributed by atoms with E-state index in [1.165, 1.54) is 0 Å². The Labute approximate surface area is 125 Å². The van der Waals surface area contributed by atoms with Gasteiger partial charge in [-0.15, -0.1) is 0 Å². The molecule has 0 amide bonds. The first kappa shape index (κ1) is 17.1. The van der Waals surface area contributed by atoms with Crippen LogP contribution < -0.4 is 0 Å². The highest BCUT2D eigenvalue weighted by atomic mass is 16.6. The van der Waals surface area contributed by atoms with Crippen molar-refractivity contribution >= 4 is 5.97 Å². The number of esters is 1. The average Bonchev–Trinajstić information content (AvgIpc) is 2.42. The summed E-state index contributed by atoms with van der Waals surface area (Å²) in [5.74, 6) is -0.288. The second-order valence-electron chi connectivity index (χ2n) is 5.66. The second kappa shape index (κ2) is 7.75. The Bertz CT molecular complexity index is 515. The molecule has 0 saturated carbocycles. The molecular weight excluding hydrogens is 268 g/mol. The van der Waals surface area contributed by atoms with Gasteiger partial charge in [0.1, 0.15) is 17.4 Å². The largest absolute Gasteiger partial charge is 0.460 e. The SMILES string of the molecule is CCC(OCCC(=O)OC(C)(C)C)c1cccnc1C#N. The molecule has 114 valence electrons. The van der Waals surface area contributed by atoms with Gasteiger partial charge in [-0.1, -0.05) is 13.0 Å². The number of nitrogens with zero attached hydrogens (tertiary/aromatic N) is 2. The number of aromatic nitrogens is 1. The first-order valence-electron chi connectivity index (χ1n) is 7.06. The maximum absolute atomic E-state index is 11.6. The van der Waals surface area contributed by atoms with Crippen LogP contribution in [0.2, 0.25) is 0 Å². The van der Waals surface area contributed by atoms with Crippen LogP contribution in [0.15, 0.2) is 18.3 Å². The minimum atomic E-state index is -0.488. The van der Waals surface area contributed by atoms with E-state index in [0.29, 0.717) is 12.1 Å². The summed E-state index contributed by atoms with van der Waals surface area (Å²) in [5, 5.41) is 9.06. The highest BCUT2D eigenvalue weighted by Gasteiger charge is 2.18. The van der Waals surface area contributed by atoms with Crippen LogP contribution in [0.5, 0.6) is 0 Å². The number of nitriles is 1. The molecule has 1 unspecified atom stereocenters. The summed E-state index contributed by atoms with van der Waals surface area (Å²) in [6.07, 6.45) is 2.23. The fourth-order valence-electron chi connectivity index (χ4n) is 1.88. The molecule has 21 heavy (non-hydrogen) atoms. The predicted molar refractivity (Wildman–Crippen MR) is 78.4 cm³/mol. The zero-order chi connectivity index (χ0) is 15.9. The summed E-state index contributed by atoms with van der Waals surface area (Å²) in [6.45, 7) is 7.71. The van der Waals surface area contributed by atoms with Crippen molar-refractivity contribution in [3.05, 3.63) is 29.6 Å². The molecule has 0 aliphatic carbocycles. The molecule has 5 nitrogen and oxygen atoms in total. The van der Waals surface area contributed by atoms with E-state index < -0.39 is 5.60 Å². The summed E-state index contributed by atoms with van der Waals surface area (Å²) in [6, 6.07) is 5.66. The molecule has 0 N–H and O–H groups in total. The van der Waals surface area contributed by atoms with Gasteiger partial charge >= 0.3 is 5.97 Å². The van der Waals surface area contributed by atoms with Crippen molar-refractivity contribution < 1.29 is 14.3 Å². The number of pyridine rings is 1. The topological polar surface area (TPSA) is 72.2 Å². The van der Waals surface area contributed by atoms with Gasteiger partial charge in [0.25, 0.3) is 0 Å². The molecule has 1 heterocycles. The molecule has 0 spiro atoms. The van der Waals surface area contributed by atoms with Crippen molar-refractivity contribution in [3.8, 4) is 6.07 Å². The minimum absolute atomic E-state index is 0.190. The van der Waals surface area contributed by atoms with Gasteiger partial charge < -0.3 is 9.47 Å². The van der Waals surface area contributed by atoms with Gasteiger partial charge in [-0.05, 0) is 33.3 Å². The van der Waals surface area contributed by atoms with Gasteiger partial charge in [0.05, 0.1) is 19.1 Å². The molecule has 0 bridgehead atoms. The second-order valence-corrected chi connectivity index (χ2v) is 5.66. The lowest BCUT2D eigenvalue weighted by atomic mass is 10.1. The lowest BCUT2D eigenvalue weighted by Crippen LogP contribution is -2.24. The molecule has 1 rings (SSSR count). The number of hydrogen-bond donors (Lipinski definition) is 0. The molecule has 0 aromatic carbocycles. The monoisotopic (exact) mass is 290 g/mol. The third-order valence-corrected chi connectivity index (χ3v) is 2.71. The maximum Gasteiger partial charge on any atom is 0.308 e. The Kier molecular flexibility index (Phi) is 6.32. The highest BCUT2D eigenvalue weighted by molar-refractivity contribution is 5.69. The van der Waals surface area contributed by atoms with Crippen LogP contribution in [-0.4, -0.2) is 23.2 Å². The number of carbonyl (C=O) groups excluding carboxylic acids is 1. The van der Waals surface area contributed by atoms with Crippen LogP contribution in [0.25, 0.3) is 0 Å². The minimum Gasteiger partial charge on any atom is -0.460 e. The van der Waals surface area contributed by atoms with Crippen molar-refractivity contribution in [1.82, 2.24) is 4.98 Å². The van der Waals surface area contributed by atoms with Crippen molar-refractivity contribution in [1.29, 1.82) is 5.26 Å². The standard InChI is InChI=1S/C16H22N2O3/c1-5-14(12-7-6-9-18-13(12)11-17)20-10-8-15(19)21-16(2,3)4/h6-7,9,14H,5,8,10H2,1-4H3. The van der Waals surface area contributed by atoms with Gasteiger partial charge in [-0.25, -0.2) is 4.98 Å². The Morgan fingerprint density at radius 1 is 1.48 bits per heavy atom. The summed E-state index contributed by atoms with van der Waals surface area (Å²) in [7, 11) is 0. The van der Waals surface area contributed by atoms with E-state index in [0.717, 1.165) is 5.56 Å². The predicted octanol–water partition coefficient (Wildman–Crippen LogP) is 3.15. The van der Waals surface area contributed by atoms with Crippen molar-refractivity contribution in [2.45, 2.75) is 52.2 Å². The fraction of sp³-hybridized carbons (Fsp3) is 0.562. The van der Waals surface area contributed by atoms with Gasteiger partial charge in [-0.3, -0.25) is 4.79 Å². The van der Waals surface area contributed by atoms with E-state index in [-0.39, 0.29) is 25.1 Å². The zero-order valence-electron chi connectivity index (χ0n) is 13.0. The zero-order valence-corrected chi connectivity index (χ0v) is 13.0. The lowest BCUT2D eigenvalue weighted by molar-refractivity contribution is -0.156. The molecule has 5 heteroatoms. The number of hydrogen-bond acceptors (Lipinski definition) is 5. The molecule has 1 aromatic rings. The maximum atomic E-state index is 11.6. The molecule has 0 aliphatic rings. The average molecular weight is 290 g/mol. The highest BCUT2D eigenvalue weighted by Crippen LogP contribution is 2.23. The quantitative estimate of drug-likeness (QED) is 0.752. The van der Waals surface area contributed by atoms with Crippen LogP contribution in [0, 0.1) is 11.3 Å². The van der Waals surface area contributed by atoms with E-state index in [4.69, 9.17) is 14.7 Å². The van der Waals surface area contributed by atoms with E-state index in [2.05, 4.69) is 11.1 Å². The van der Waals surface area contributed by atoms with E-state index >= 15 is 0 Å². The molecule has 0 saturated heterocycles. The van der Waals surface area contributed by atoms with E-state index in [9.17, 15) is 4.79 Å². The van der Waals surface area contributed by atoms with Crippen molar-refractivity contribution in [2.24, 2.45) is 0 Å². The Balaban J connectivity index is 2.56. The van der Waals surface area contributed by atoms with Crippen LogP contribution in [-0.2, 0) is 14.3 Å². The molecule has 0 aliphatic heterocycles. The summed E-state index contributed by atoms with van der Waals surface area (Å²) >= 11 is 0. The first-order valence-corrected chi connectivity index (χ1v) is 7.06. The van der Waals surface area contributed by atoms with E-state index in [1.807, 2.05) is 33.8 Å². The van der Waals surface area contributed by atoms with Crippen LogP contribution in [0.1, 0.15) is 57.9 Å². The molecular formula is C16H22N2O3. The first-order chi connectivity index (χ1) is 9.87. The summed E-state index contributed by atoms with van der Waals surface area (Å²) in [5.41, 5.74) is 0.631. The summed E-state index contributed by atoms with van der Waals surface area (Å²) in [4.78, 5) is 15.6. The number of rotatable bonds is 6. The van der Waals surface area contributed by atoms with E-state index in [1.54, 1.807) is 12.3 Å². The Morgan fingerprint density at radius 3 is 2.76 bits per heavy atom. The smallest absolute Gasteiger partial charge is 0.308 e. The van der Waals surface area contributed by atoms with Gasteiger partial charge in [0.2, 0.25) is 0 Å². The van der Waals surface area contributed by atoms with Crippen LogP contribution in [0.4, 0.5) is 0 Å². The fourth-order valence-corrected chi connectivity index (χ4v) is 1.88. The third kappa shape index (κ3) is 5.92. The van der Waals surface area contributed by atoms with Crippen molar-refractivity contribution in [2.75, 3.05) is 6.61 Å². The molecule has 0 fully saturated rings. The van der Waals surface area contributed by atoms with Gasteiger partial charge in [-0.2, -0.15) is 5.26 Å². The Hall–Kier alpha value is -1.93. The third-order valence-electron chi connectivity index (χ3n) is 2.71. The number of carbonyl (C=O) groups is 1. The lowest BCUT2D eigenvalue weighted by Gasteiger charge is -2.20. The normalized spacial score (nSPS) is 12.5. The van der Waals surface area contributed by atoms with Crippen LogP contribution in [0.3, 0.4) is 0 Å². The van der Waals surface area contributed by atoms with Crippen molar-refractivity contribution in [3.63, 3.8) is 0 Å². The number of ether oxygens (including phenoxy) is 2. The molecule has 0 radical (unpaired) electrons. The van der Waals surface area contributed by atoms with Gasteiger partial charge in [0.15, 0.2) is 0 Å². The van der Waals surface area contributed by atoms with Crippen LogP contribution >= 0.6 is 0 Å². The molecule has 1 aromatic heterocycles. The van der Waals surface area contributed by atoms with Gasteiger partial charge in [0, 0.05) is 11.8 Å². The molecule has 1 atom stereocenters. The summed E-state index contributed by atoms with van der Waals surface area (Å²) < 4.78 is 10.9.